The van der Waals surface area contributed by atoms with Crippen molar-refractivity contribution in [3.63, 3.8) is 0 Å². The minimum Gasteiger partial charge on any atom is -0.409 e. The zero-order valence-electron chi connectivity index (χ0n) is 10.2. The lowest BCUT2D eigenvalue weighted by Crippen LogP contribution is -2.46. The average Bonchev–Trinajstić information content (AvgIpc) is 2.86. The fourth-order valence-corrected chi connectivity index (χ4v) is 1.93. The molecule has 0 unspecified atom stereocenters. The number of hydrogen-bond donors (Lipinski definition) is 1. The number of carbonyl (C=O) groups is 3. The molecule has 0 aromatic heterocycles. The van der Waals surface area contributed by atoms with Crippen LogP contribution in [-0.4, -0.2) is 36.3 Å². The monoisotopic (exact) mass is 262 g/mol. The lowest BCUT2D eigenvalue weighted by atomic mass is 10.2. The van der Waals surface area contributed by atoms with Gasteiger partial charge in [0.1, 0.15) is 18.3 Å². The van der Waals surface area contributed by atoms with E-state index in [9.17, 15) is 14.4 Å². The van der Waals surface area contributed by atoms with Crippen LogP contribution in [-0.2, 0) is 4.79 Å². The Morgan fingerprint density at radius 3 is 2.68 bits per heavy atom. The Morgan fingerprint density at radius 1 is 1.32 bits per heavy atom. The van der Waals surface area contributed by atoms with Crippen molar-refractivity contribution in [3.8, 4) is 5.75 Å². The number of aldehydes is 2. The number of carbonyl (C=O) groups excluding carboxylic acids is 3. The van der Waals surface area contributed by atoms with Crippen LogP contribution in [0.15, 0.2) is 24.3 Å². The Kier molecular flexibility index (Phi) is 4.25. The zero-order chi connectivity index (χ0) is 13.7. The second kappa shape index (κ2) is 6.10. The van der Waals surface area contributed by atoms with Gasteiger partial charge < -0.3 is 9.53 Å². The molecular formula is C13H14N2O4. The lowest BCUT2D eigenvalue weighted by molar-refractivity contribution is -0.112. The van der Waals surface area contributed by atoms with Gasteiger partial charge in [-0.05, 0) is 37.1 Å². The van der Waals surface area contributed by atoms with E-state index in [1.165, 1.54) is 12.1 Å². The van der Waals surface area contributed by atoms with Crippen LogP contribution in [0.2, 0.25) is 0 Å². The van der Waals surface area contributed by atoms with Gasteiger partial charge in [0.15, 0.2) is 0 Å². The van der Waals surface area contributed by atoms with Crippen LogP contribution in [0.1, 0.15) is 23.2 Å². The Labute approximate surface area is 110 Å². The average molecular weight is 262 g/mol. The lowest BCUT2D eigenvalue weighted by Gasteiger charge is -2.20. The van der Waals surface area contributed by atoms with Crippen molar-refractivity contribution in [2.45, 2.75) is 18.9 Å². The molecule has 100 valence electrons. The van der Waals surface area contributed by atoms with Gasteiger partial charge in [0.2, 0.25) is 0 Å². The quantitative estimate of drug-likeness (QED) is 0.824. The second-order valence-electron chi connectivity index (χ2n) is 4.23. The minimum atomic E-state index is -0.646. The summed E-state index contributed by atoms with van der Waals surface area (Å²) < 4.78 is 5.05. The van der Waals surface area contributed by atoms with Crippen LogP contribution in [0.5, 0.6) is 5.75 Å². The number of nitrogens with one attached hydrogen (secondary N) is 1. The molecule has 1 aromatic carbocycles. The van der Waals surface area contributed by atoms with Gasteiger partial charge in [-0.25, -0.2) is 9.80 Å². The SMILES string of the molecule is O=Cc1ccc(OC(=O)NN2CCC[C@H]2C=O)cc1. The number of benzene rings is 1. The van der Waals surface area contributed by atoms with Crippen LogP contribution in [0.25, 0.3) is 0 Å². The summed E-state index contributed by atoms with van der Waals surface area (Å²) in [5, 5.41) is 1.56. The molecule has 1 fully saturated rings. The Morgan fingerprint density at radius 2 is 2.05 bits per heavy atom. The third kappa shape index (κ3) is 3.38. The molecule has 1 saturated heterocycles. The second-order valence-corrected chi connectivity index (χ2v) is 4.23. The summed E-state index contributed by atoms with van der Waals surface area (Å²) in [6, 6.07) is 5.89. The van der Waals surface area contributed by atoms with Crippen molar-refractivity contribution in [1.82, 2.24) is 10.4 Å². The number of hydrazine groups is 1. The summed E-state index contributed by atoms with van der Waals surface area (Å²) >= 11 is 0. The number of nitrogens with zero attached hydrogens (tertiary/aromatic N) is 1. The molecular weight excluding hydrogens is 248 g/mol. The maximum Gasteiger partial charge on any atom is 0.427 e. The van der Waals surface area contributed by atoms with Gasteiger partial charge in [0.05, 0.1) is 6.04 Å². The Bertz CT molecular complexity index is 472. The van der Waals surface area contributed by atoms with E-state index < -0.39 is 6.09 Å². The fourth-order valence-electron chi connectivity index (χ4n) is 1.93. The first-order valence-corrected chi connectivity index (χ1v) is 5.98. The summed E-state index contributed by atoms with van der Waals surface area (Å²) in [4.78, 5) is 32.9. The van der Waals surface area contributed by atoms with Crippen molar-refractivity contribution in [3.05, 3.63) is 29.8 Å². The van der Waals surface area contributed by atoms with Crippen LogP contribution in [0.4, 0.5) is 4.79 Å². The van der Waals surface area contributed by atoms with Crippen LogP contribution in [0.3, 0.4) is 0 Å². The van der Waals surface area contributed by atoms with Crippen molar-refractivity contribution in [2.75, 3.05) is 6.54 Å². The molecule has 6 nitrogen and oxygen atoms in total. The van der Waals surface area contributed by atoms with Gasteiger partial charge in [-0.3, -0.25) is 10.2 Å². The molecule has 19 heavy (non-hydrogen) atoms. The summed E-state index contributed by atoms with van der Waals surface area (Å²) in [6.45, 7) is 0.628. The van der Waals surface area contributed by atoms with Gasteiger partial charge in [0, 0.05) is 12.1 Å². The third-order valence-electron chi connectivity index (χ3n) is 2.92. The summed E-state index contributed by atoms with van der Waals surface area (Å²) in [6.07, 6.45) is 2.47. The highest BCUT2D eigenvalue weighted by molar-refractivity contribution is 5.75. The van der Waals surface area contributed by atoms with E-state index in [0.29, 0.717) is 24.1 Å². The maximum atomic E-state index is 11.6. The molecule has 1 amide bonds. The van der Waals surface area contributed by atoms with E-state index in [2.05, 4.69) is 5.43 Å². The molecule has 0 bridgehead atoms. The molecule has 1 atom stereocenters. The van der Waals surface area contributed by atoms with Crippen LogP contribution in [0, 0.1) is 0 Å². The van der Waals surface area contributed by atoms with E-state index in [-0.39, 0.29) is 6.04 Å². The predicted octanol–water partition coefficient (Wildman–Crippen LogP) is 1.17. The molecule has 0 saturated carbocycles. The fraction of sp³-hybridized carbons (Fsp3) is 0.308. The highest BCUT2D eigenvalue weighted by atomic mass is 16.6. The van der Waals surface area contributed by atoms with Gasteiger partial charge in [-0.1, -0.05) is 0 Å². The standard InChI is InChI=1S/C13H14N2O4/c16-8-10-3-5-12(6-4-10)19-13(18)14-15-7-1-2-11(15)9-17/h3-6,8-9,11H,1-2,7H2,(H,14,18)/t11-/m0/s1. The molecule has 1 aromatic rings. The zero-order valence-corrected chi connectivity index (χ0v) is 10.2. The summed E-state index contributed by atoms with van der Waals surface area (Å²) in [7, 11) is 0. The van der Waals surface area contributed by atoms with Crippen molar-refractivity contribution in [1.29, 1.82) is 0 Å². The van der Waals surface area contributed by atoms with Gasteiger partial charge in [0.25, 0.3) is 0 Å². The molecule has 6 heteroatoms. The Hall–Kier alpha value is -2.21. The van der Waals surface area contributed by atoms with E-state index >= 15 is 0 Å². The smallest absolute Gasteiger partial charge is 0.409 e. The van der Waals surface area contributed by atoms with Crippen molar-refractivity contribution < 1.29 is 19.1 Å². The normalized spacial score (nSPS) is 18.8. The van der Waals surface area contributed by atoms with E-state index in [4.69, 9.17) is 4.74 Å². The van der Waals surface area contributed by atoms with Crippen molar-refractivity contribution in [2.24, 2.45) is 0 Å². The largest absolute Gasteiger partial charge is 0.427 e. The molecule has 0 aliphatic carbocycles. The minimum absolute atomic E-state index is 0.287. The highest BCUT2D eigenvalue weighted by Crippen LogP contribution is 2.14. The number of hydrogen-bond acceptors (Lipinski definition) is 5. The predicted molar refractivity (Wildman–Crippen MR) is 66.8 cm³/mol. The Balaban J connectivity index is 1.89. The topological polar surface area (TPSA) is 75.7 Å². The van der Waals surface area contributed by atoms with E-state index in [1.54, 1.807) is 17.1 Å². The summed E-state index contributed by atoms with van der Waals surface area (Å²) in [5.41, 5.74) is 3.04. The van der Waals surface area contributed by atoms with E-state index in [0.717, 1.165) is 19.1 Å². The summed E-state index contributed by atoms with van der Waals surface area (Å²) in [5.74, 6) is 0.338. The number of amides is 1. The maximum absolute atomic E-state index is 11.6. The molecule has 1 heterocycles. The molecule has 1 aliphatic rings. The van der Waals surface area contributed by atoms with Gasteiger partial charge in [-0.15, -0.1) is 0 Å². The molecule has 1 N–H and O–H groups in total. The molecule has 2 rings (SSSR count). The molecule has 0 radical (unpaired) electrons. The number of ether oxygens (including phenoxy) is 1. The van der Waals surface area contributed by atoms with Gasteiger partial charge in [-0.2, -0.15) is 0 Å². The third-order valence-corrected chi connectivity index (χ3v) is 2.92. The first-order chi connectivity index (χ1) is 9.22. The first kappa shape index (κ1) is 13.2. The van der Waals surface area contributed by atoms with Crippen LogP contribution >= 0.6 is 0 Å². The molecule has 0 spiro atoms. The molecule has 1 aliphatic heterocycles. The number of rotatable bonds is 4. The van der Waals surface area contributed by atoms with E-state index in [1.807, 2.05) is 0 Å². The van der Waals surface area contributed by atoms with Crippen LogP contribution < -0.4 is 10.2 Å². The van der Waals surface area contributed by atoms with Gasteiger partial charge >= 0.3 is 6.09 Å². The highest BCUT2D eigenvalue weighted by Gasteiger charge is 2.25. The van der Waals surface area contributed by atoms with Crippen molar-refractivity contribution >= 4 is 18.7 Å². The first-order valence-electron chi connectivity index (χ1n) is 5.98.